The summed E-state index contributed by atoms with van der Waals surface area (Å²) in [6.45, 7) is 0.812. The summed E-state index contributed by atoms with van der Waals surface area (Å²) in [7, 11) is 1.86. The summed E-state index contributed by atoms with van der Waals surface area (Å²) >= 11 is 1.37. The number of aromatic nitrogens is 2. The summed E-state index contributed by atoms with van der Waals surface area (Å²) < 4.78 is 5.04. The van der Waals surface area contributed by atoms with Crippen LogP contribution in [0.15, 0.2) is 16.5 Å². The van der Waals surface area contributed by atoms with Crippen LogP contribution in [0.1, 0.15) is 5.01 Å². The second kappa shape index (κ2) is 5.02. The van der Waals surface area contributed by atoms with Crippen molar-refractivity contribution in [2.24, 2.45) is 0 Å². The first kappa shape index (κ1) is 11.7. The molecule has 2 aromatic rings. The summed E-state index contributed by atoms with van der Waals surface area (Å²) in [4.78, 5) is 9.89. The molecular formula is C9H10N4O3S. The molecule has 2 rings (SSSR count). The van der Waals surface area contributed by atoms with Crippen LogP contribution in [0.25, 0.3) is 10.8 Å². The van der Waals surface area contributed by atoms with Gasteiger partial charge in [0.15, 0.2) is 10.8 Å². The molecule has 7 nitrogen and oxygen atoms in total. The molecule has 8 heteroatoms. The van der Waals surface area contributed by atoms with E-state index in [4.69, 9.17) is 4.42 Å². The number of nitrogens with zero attached hydrogens (tertiary/aromatic N) is 3. The maximum Gasteiger partial charge on any atom is 0.433 e. The van der Waals surface area contributed by atoms with Crippen molar-refractivity contribution in [2.45, 2.75) is 6.42 Å². The van der Waals surface area contributed by atoms with Gasteiger partial charge in [0.2, 0.25) is 0 Å². The average Bonchev–Trinajstić information content (AvgIpc) is 2.94. The Morgan fingerprint density at radius 1 is 1.53 bits per heavy atom. The van der Waals surface area contributed by atoms with Crippen LogP contribution in [-0.4, -0.2) is 28.7 Å². The van der Waals surface area contributed by atoms with Crippen LogP contribution in [0.2, 0.25) is 0 Å². The minimum atomic E-state index is -0.577. The van der Waals surface area contributed by atoms with Crippen LogP contribution >= 0.6 is 11.3 Å². The third kappa shape index (κ3) is 2.66. The van der Waals surface area contributed by atoms with Crippen LogP contribution in [0.4, 0.5) is 5.88 Å². The molecule has 0 fully saturated rings. The van der Waals surface area contributed by atoms with E-state index in [2.05, 4.69) is 15.5 Å². The first-order valence-corrected chi connectivity index (χ1v) is 5.74. The number of hydrogen-bond acceptors (Lipinski definition) is 7. The molecule has 0 aliphatic carbocycles. The SMILES string of the molecule is CNCCc1nnc(-c2ccc([N+](=O)[O-])o2)s1. The summed E-state index contributed by atoms with van der Waals surface area (Å²) in [6.07, 6.45) is 0.775. The molecule has 0 spiro atoms. The Hall–Kier alpha value is -1.80. The van der Waals surface area contributed by atoms with Gasteiger partial charge in [-0.1, -0.05) is 11.3 Å². The predicted molar refractivity (Wildman–Crippen MR) is 61.9 cm³/mol. The Balaban J connectivity index is 2.15. The van der Waals surface area contributed by atoms with Crippen LogP contribution in [0, 0.1) is 10.1 Å². The van der Waals surface area contributed by atoms with Crippen LogP contribution in [0.5, 0.6) is 0 Å². The van der Waals surface area contributed by atoms with E-state index in [1.165, 1.54) is 23.5 Å². The van der Waals surface area contributed by atoms with E-state index in [1.807, 2.05) is 7.05 Å². The van der Waals surface area contributed by atoms with Gasteiger partial charge in [0.1, 0.15) is 9.93 Å². The molecule has 2 heterocycles. The van der Waals surface area contributed by atoms with Gasteiger partial charge in [-0.3, -0.25) is 10.1 Å². The molecule has 0 aliphatic heterocycles. The number of nitro groups is 1. The van der Waals surface area contributed by atoms with Crippen LogP contribution < -0.4 is 5.32 Å². The number of likely N-dealkylation sites (N-methyl/N-ethyl adjacent to an activating group) is 1. The zero-order valence-corrected chi connectivity index (χ0v) is 9.86. The van der Waals surface area contributed by atoms with Crippen molar-refractivity contribution in [3.63, 3.8) is 0 Å². The Kier molecular flexibility index (Phi) is 3.45. The molecule has 2 aromatic heterocycles. The van der Waals surface area contributed by atoms with Crippen LogP contribution in [0.3, 0.4) is 0 Å². The van der Waals surface area contributed by atoms with Crippen molar-refractivity contribution in [3.8, 4) is 10.8 Å². The van der Waals surface area contributed by atoms with Gasteiger partial charge in [0.05, 0.1) is 6.07 Å². The second-order valence-electron chi connectivity index (χ2n) is 3.25. The summed E-state index contributed by atoms with van der Waals surface area (Å²) in [5.74, 6) is 0.0943. The van der Waals surface area contributed by atoms with E-state index < -0.39 is 4.92 Å². The lowest BCUT2D eigenvalue weighted by molar-refractivity contribution is -0.401. The summed E-state index contributed by atoms with van der Waals surface area (Å²) in [5, 5.41) is 22.8. The van der Waals surface area contributed by atoms with Crippen LogP contribution in [-0.2, 0) is 6.42 Å². The largest absolute Gasteiger partial charge is 0.433 e. The highest BCUT2D eigenvalue weighted by atomic mass is 32.1. The van der Waals surface area contributed by atoms with E-state index >= 15 is 0 Å². The third-order valence-corrected chi connectivity index (χ3v) is 3.04. The van der Waals surface area contributed by atoms with Gasteiger partial charge in [0, 0.05) is 13.0 Å². The van der Waals surface area contributed by atoms with Gasteiger partial charge >= 0.3 is 5.88 Å². The minimum Gasteiger partial charge on any atom is -0.398 e. The Labute approximate surface area is 101 Å². The number of nitrogens with one attached hydrogen (secondary N) is 1. The molecule has 0 saturated carbocycles. The molecule has 0 aromatic carbocycles. The number of furan rings is 1. The standard InChI is InChI=1S/C9H10N4O3S/c1-10-5-4-7-11-12-9(17-7)6-2-3-8(16-6)13(14)15/h2-3,10H,4-5H2,1H3. The molecule has 0 aliphatic rings. The smallest absolute Gasteiger partial charge is 0.398 e. The van der Waals surface area contributed by atoms with E-state index in [1.54, 1.807) is 0 Å². The third-order valence-electron chi connectivity index (χ3n) is 2.04. The molecule has 0 radical (unpaired) electrons. The molecule has 90 valence electrons. The van der Waals surface area contributed by atoms with E-state index in [0.29, 0.717) is 10.8 Å². The normalized spacial score (nSPS) is 10.6. The molecule has 0 amide bonds. The Morgan fingerprint density at radius 3 is 3.00 bits per heavy atom. The van der Waals surface area contributed by atoms with Gasteiger partial charge in [-0.2, -0.15) is 0 Å². The average molecular weight is 254 g/mol. The Morgan fingerprint density at radius 2 is 2.35 bits per heavy atom. The maximum absolute atomic E-state index is 10.5. The molecular weight excluding hydrogens is 244 g/mol. The first-order chi connectivity index (χ1) is 8.20. The fourth-order valence-corrected chi connectivity index (χ4v) is 2.03. The first-order valence-electron chi connectivity index (χ1n) is 4.92. The lowest BCUT2D eigenvalue weighted by atomic mass is 10.4. The van der Waals surface area contributed by atoms with Crippen molar-refractivity contribution < 1.29 is 9.34 Å². The van der Waals surface area contributed by atoms with Gasteiger partial charge in [-0.15, -0.1) is 10.2 Å². The predicted octanol–water partition coefficient (Wildman–Crippen LogP) is 1.47. The lowest BCUT2D eigenvalue weighted by Gasteiger charge is -1.91. The highest BCUT2D eigenvalue weighted by molar-refractivity contribution is 7.14. The quantitative estimate of drug-likeness (QED) is 0.641. The summed E-state index contributed by atoms with van der Waals surface area (Å²) in [5.41, 5.74) is 0. The topological polar surface area (TPSA) is 94.1 Å². The lowest BCUT2D eigenvalue weighted by Crippen LogP contribution is -2.09. The fourth-order valence-electron chi connectivity index (χ4n) is 1.23. The molecule has 1 N–H and O–H groups in total. The molecule has 17 heavy (non-hydrogen) atoms. The van der Waals surface area contributed by atoms with Crippen molar-refractivity contribution in [1.82, 2.24) is 15.5 Å². The minimum absolute atomic E-state index is 0.285. The van der Waals surface area contributed by atoms with E-state index in [9.17, 15) is 10.1 Å². The van der Waals surface area contributed by atoms with Crippen molar-refractivity contribution >= 4 is 17.2 Å². The van der Waals surface area contributed by atoms with Gasteiger partial charge in [-0.05, 0) is 13.1 Å². The van der Waals surface area contributed by atoms with Crippen molar-refractivity contribution in [2.75, 3.05) is 13.6 Å². The fraction of sp³-hybridized carbons (Fsp3) is 0.333. The molecule has 0 atom stereocenters. The summed E-state index contributed by atoms with van der Waals surface area (Å²) in [6, 6.07) is 2.84. The van der Waals surface area contributed by atoms with E-state index in [-0.39, 0.29) is 5.88 Å². The zero-order chi connectivity index (χ0) is 12.3. The van der Waals surface area contributed by atoms with E-state index in [0.717, 1.165) is 18.0 Å². The second-order valence-corrected chi connectivity index (χ2v) is 4.31. The van der Waals surface area contributed by atoms with Crippen molar-refractivity contribution in [1.29, 1.82) is 0 Å². The number of rotatable bonds is 5. The highest BCUT2D eigenvalue weighted by Crippen LogP contribution is 2.28. The van der Waals surface area contributed by atoms with Gasteiger partial charge in [-0.25, -0.2) is 0 Å². The van der Waals surface area contributed by atoms with Gasteiger partial charge in [0.25, 0.3) is 0 Å². The van der Waals surface area contributed by atoms with Crippen molar-refractivity contribution in [3.05, 3.63) is 27.3 Å². The number of hydrogen-bond donors (Lipinski definition) is 1. The Bertz CT molecular complexity index is 522. The zero-order valence-electron chi connectivity index (χ0n) is 9.04. The molecule has 0 saturated heterocycles. The maximum atomic E-state index is 10.5. The van der Waals surface area contributed by atoms with Gasteiger partial charge < -0.3 is 9.73 Å². The monoisotopic (exact) mass is 254 g/mol. The highest BCUT2D eigenvalue weighted by Gasteiger charge is 2.16. The molecule has 0 bridgehead atoms. The molecule has 0 unspecified atom stereocenters.